The Morgan fingerprint density at radius 1 is 0.972 bits per heavy atom. The number of hydrogen-bond donors (Lipinski definition) is 0. The normalized spacial score (nSPS) is 19.8. The van der Waals surface area contributed by atoms with Crippen LogP contribution in [0.2, 0.25) is 10.0 Å². The molecule has 1 aliphatic heterocycles. The number of aromatic nitrogens is 4. The van der Waals surface area contributed by atoms with Crippen molar-refractivity contribution >= 4 is 29.3 Å². The third kappa shape index (κ3) is 6.13. The minimum atomic E-state index is 0.103. The molecule has 1 aromatic heterocycles. The molecule has 0 bridgehead atoms. The van der Waals surface area contributed by atoms with Crippen molar-refractivity contribution in [2.75, 3.05) is 32.7 Å². The largest absolute Gasteiger partial charge is 0.297 e. The number of hydrogen-bond acceptors (Lipinski definition) is 5. The van der Waals surface area contributed by atoms with Crippen molar-refractivity contribution in [3.05, 3.63) is 106 Å². The Kier molecular flexibility index (Phi) is 8.29. The summed E-state index contributed by atoms with van der Waals surface area (Å²) in [5.41, 5.74) is 2.26. The zero-order chi connectivity index (χ0) is 24.7. The minimum Gasteiger partial charge on any atom is -0.297 e. The zero-order valence-electron chi connectivity index (χ0n) is 20.1. The molecular formula is C28H30Cl2N6. The van der Waals surface area contributed by atoms with Crippen LogP contribution in [-0.2, 0) is 6.54 Å². The lowest BCUT2D eigenvalue weighted by Crippen LogP contribution is -2.49. The summed E-state index contributed by atoms with van der Waals surface area (Å²) in [6, 6.07) is 16.2. The average molecular weight is 521 g/mol. The van der Waals surface area contributed by atoms with E-state index in [1.807, 2.05) is 28.9 Å². The summed E-state index contributed by atoms with van der Waals surface area (Å²) in [6.45, 7) is 5.46. The smallest absolute Gasteiger partial charge is 0.169 e. The molecule has 1 aliphatic carbocycles. The lowest BCUT2D eigenvalue weighted by Gasteiger charge is -2.41. The Morgan fingerprint density at radius 3 is 2.56 bits per heavy atom. The van der Waals surface area contributed by atoms with Gasteiger partial charge < -0.3 is 0 Å². The van der Waals surface area contributed by atoms with E-state index in [0.29, 0.717) is 22.5 Å². The highest BCUT2D eigenvalue weighted by atomic mass is 35.5. The van der Waals surface area contributed by atoms with Crippen molar-refractivity contribution in [2.45, 2.75) is 19.0 Å². The van der Waals surface area contributed by atoms with Gasteiger partial charge in [-0.1, -0.05) is 96.1 Å². The molecule has 0 radical (unpaired) electrons. The summed E-state index contributed by atoms with van der Waals surface area (Å²) in [6.07, 6.45) is 14.2. The molecule has 8 heteroatoms. The van der Waals surface area contributed by atoms with E-state index < -0.39 is 0 Å². The monoisotopic (exact) mass is 520 g/mol. The van der Waals surface area contributed by atoms with Gasteiger partial charge in [0, 0.05) is 38.6 Å². The first-order chi connectivity index (χ1) is 17.7. The molecule has 36 heavy (non-hydrogen) atoms. The molecule has 1 fully saturated rings. The van der Waals surface area contributed by atoms with Crippen molar-refractivity contribution in [1.82, 2.24) is 30.0 Å². The highest BCUT2D eigenvalue weighted by Gasteiger charge is 2.34. The second kappa shape index (κ2) is 12.0. The maximum Gasteiger partial charge on any atom is 0.169 e. The van der Waals surface area contributed by atoms with Gasteiger partial charge in [-0.3, -0.25) is 9.80 Å². The molecule has 6 nitrogen and oxygen atoms in total. The van der Waals surface area contributed by atoms with Gasteiger partial charge in [0.2, 0.25) is 0 Å². The fraction of sp³-hybridized carbons (Fsp3) is 0.321. The molecule has 0 saturated carbocycles. The lowest BCUT2D eigenvalue weighted by atomic mass is 9.90. The minimum absolute atomic E-state index is 0.103. The summed E-state index contributed by atoms with van der Waals surface area (Å²) in [5, 5.41) is 14.0. The molecule has 186 valence electrons. The van der Waals surface area contributed by atoms with E-state index in [4.69, 9.17) is 23.2 Å². The summed E-state index contributed by atoms with van der Waals surface area (Å²) in [4.78, 5) is 5.05. The van der Waals surface area contributed by atoms with E-state index in [1.165, 1.54) is 5.56 Å². The van der Waals surface area contributed by atoms with Crippen molar-refractivity contribution in [1.29, 1.82) is 0 Å². The summed E-state index contributed by atoms with van der Waals surface area (Å²) in [7, 11) is 0. The van der Waals surface area contributed by atoms with Crippen LogP contribution in [0.3, 0.4) is 0 Å². The van der Waals surface area contributed by atoms with E-state index >= 15 is 0 Å². The third-order valence-corrected chi connectivity index (χ3v) is 7.57. The van der Waals surface area contributed by atoms with Crippen LogP contribution in [0.1, 0.15) is 29.4 Å². The molecule has 2 heterocycles. The van der Waals surface area contributed by atoms with Gasteiger partial charge in [-0.15, -0.1) is 5.10 Å². The predicted octanol–water partition coefficient (Wildman–Crippen LogP) is 5.53. The molecule has 0 amide bonds. The molecule has 2 aromatic carbocycles. The topological polar surface area (TPSA) is 50.1 Å². The van der Waals surface area contributed by atoms with Crippen LogP contribution in [-0.4, -0.2) is 62.7 Å². The van der Waals surface area contributed by atoms with Crippen LogP contribution in [0.25, 0.3) is 6.08 Å². The first-order valence-electron chi connectivity index (χ1n) is 12.4. The van der Waals surface area contributed by atoms with Crippen molar-refractivity contribution < 1.29 is 0 Å². The van der Waals surface area contributed by atoms with Gasteiger partial charge in [-0.05, 0) is 40.1 Å². The number of piperazine rings is 1. The Bertz CT molecular complexity index is 1230. The Morgan fingerprint density at radius 2 is 1.81 bits per heavy atom. The number of allylic oxidation sites excluding steroid dienone is 3. The van der Waals surface area contributed by atoms with Gasteiger partial charge in [0.15, 0.2) is 5.82 Å². The van der Waals surface area contributed by atoms with Crippen LogP contribution < -0.4 is 0 Å². The van der Waals surface area contributed by atoms with E-state index in [0.717, 1.165) is 50.5 Å². The molecule has 0 spiro atoms. The van der Waals surface area contributed by atoms with E-state index in [9.17, 15) is 0 Å². The molecule has 1 saturated heterocycles. The fourth-order valence-corrected chi connectivity index (χ4v) is 5.25. The Hall–Kier alpha value is -2.77. The SMILES string of the molecule is Clc1ccc(Cn2nnnc2[C@H](C2C=CC=CC2)N2CCN(C/C=C/c3ccccc3)CC2)cc1Cl. The van der Waals surface area contributed by atoms with Crippen molar-refractivity contribution in [2.24, 2.45) is 5.92 Å². The number of rotatable bonds is 8. The number of tetrazole rings is 1. The summed E-state index contributed by atoms with van der Waals surface area (Å²) < 4.78 is 1.91. The quantitative estimate of drug-likeness (QED) is 0.390. The van der Waals surface area contributed by atoms with Gasteiger partial charge in [0.1, 0.15) is 0 Å². The predicted molar refractivity (Wildman–Crippen MR) is 146 cm³/mol. The third-order valence-electron chi connectivity index (χ3n) is 6.83. The molecule has 1 unspecified atom stereocenters. The number of benzene rings is 2. The van der Waals surface area contributed by atoms with E-state index in [2.05, 4.69) is 86.0 Å². The molecular weight excluding hydrogens is 491 g/mol. The molecule has 2 atom stereocenters. The van der Waals surface area contributed by atoms with E-state index in [1.54, 1.807) is 0 Å². The first-order valence-corrected chi connectivity index (χ1v) is 13.1. The van der Waals surface area contributed by atoms with Crippen LogP contribution >= 0.6 is 23.2 Å². The summed E-state index contributed by atoms with van der Waals surface area (Å²) in [5.74, 6) is 1.21. The van der Waals surface area contributed by atoms with Gasteiger partial charge >= 0.3 is 0 Å². The lowest BCUT2D eigenvalue weighted by molar-refractivity contribution is 0.0775. The van der Waals surface area contributed by atoms with Crippen LogP contribution in [0.4, 0.5) is 0 Å². The number of halogens is 2. The Labute approximate surface area is 222 Å². The fourth-order valence-electron chi connectivity index (χ4n) is 4.93. The number of nitrogens with zero attached hydrogens (tertiary/aromatic N) is 6. The second-order valence-corrected chi connectivity index (χ2v) is 10.1. The average Bonchev–Trinajstić information content (AvgIpc) is 3.36. The molecule has 0 N–H and O–H groups in total. The van der Waals surface area contributed by atoms with Gasteiger partial charge in [0.25, 0.3) is 0 Å². The maximum absolute atomic E-state index is 6.26. The van der Waals surface area contributed by atoms with Gasteiger partial charge in [-0.2, -0.15) is 0 Å². The van der Waals surface area contributed by atoms with Gasteiger partial charge in [0.05, 0.1) is 22.6 Å². The van der Waals surface area contributed by atoms with Crippen molar-refractivity contribution in [3.8, 4) is 0 Å². The van der Waals surface area contributed by atoms with Crippen LogP contribution in [0.5, 0.6) is 0 Å². The Balaban J connectivity index is 1.29. The van der Waals surface area contributed by atoms with Crippen LogP contribution in [0.15, 0.2) is 78.9 Å². The molecule has 3 aromatic rings. The van der Waals surface area contributed by atoms with Crippen LogP contribution in [0, 0.1) is 5.92 Å². The zero-order valence-corrected chi connectivity index (χ0v) is 21.6. The highest BCUT2D eigenvalue weighted by molar-refractivity contribution is 6.42. The van der Waals surface area contributed by atoms with Crippen molar-refractivity contribution in [3.63, 3.8) is 0 Å². The standard InChI is InChI=1S/C28H30Cl2N6/c29-25-14-13-23(20-26(25)30)21-36-28(31-32-33-36)27(24-11-5-2-6-12-24)35-18-16-34(17-19-35)15-7-10-22-8-3-1-4-9-22/h1-11,13-14,20,24,27H,12,15-19,21H2/b10-7+/t24?,27-/m0/s1. The maximum atomic E-state index is 6.26. The van der Waals surface area contributed by atoms with E-state index in [-0.39, 0.29) is 6.04 Å². The van der Waals surface area contributed by atoms with Gasteiger partial charge in [-0.25, -0.2) is 4.68 Å². The summed E-state index contributed by atoms with van der Waals surface area (Å²) >= 11 is 12.4. The molecule has 5 rings (SSSR count). The molecule has 2 aliphatic rings. The highest BCUT2D eigenvalue weighted by Crippen LogP contribution is 2.33. The second-order valence-electron chi connectivity index (χ2n) is 9.25. The first kappa shape index (κ1) is 24.9.